The number of aryl methyl sites for hydroxylation is 1. The van der Waals surface area contributed by atoms with Crippen LogP contribution in [0.2, 0.25) is 0 Å². The molecule has 1 heterocycles. The average Bonchev–Trinajstić information content (AvgIpc) is 3.64. The summed E-state index contributed by atoms with van der Waals surface area (Å²) in [5.74, 6) is 1.00. The van der Waals surface area contributed by atoms with E-state index in [0.717, 1.165) is 51.0 Å². The third-order valence-electron chi connectivity index (χ3n) is 7.18. The second-order valence-electron chi connectivity index (χ2n) is 9.90. The van der Waals surface area contributed by atoms with Crippen LogP contribution in [0.25, 0.3) is 0 Å². The predicted octanol–water partition coefficient (Wildman–Crippen LogP) is 4.69. The minimum absolute atomic E-state index is 0.0531. The molecule has 3 saturated carbocycles. The van der Waals surface area contributed by atoms with Crippen LogP contribution in [-0.4, -0.2) is 36.4 Å². The quantitative estimate of drug-likeness (QED) is 0.596. The van der Waals surface area contributed by atoms with Gasteiger partial charge in [-0.2, -0.15) is 13.2 Å². The number of nitrogens with zero attached hydrogens (tertiary/aromatic N) is 1. The van der Waals surface area contributed by atoms with Crippen molar-refractivity contribution in [3.63, 3.8) is 0 Å². The number of carbonyl (C=O) groups is 1. The van der Waals surface area contributed by atoms with Crippen LogP contribution >= 0.6 is 0 Å². The van der Waals surface area contributed by atoms with E-state index in [1.807, 2.05) is 0 Å². The summed E-state index contributed by atoms with van der Waals surface area (Å²) in [6.45, 7) is 1.41. The van der Waals surface area contributed by atoms with Gasteiger partial charge in [-0.25, -0.2) is 13.4 Å². The van der Waals surface area contributed by atoms with Crippen molar-refractivity contribution >= 4 is 15.7 Å². The van der Waals surface area contributed by atoms with Gasteiger partial charge in [0.25, 0.3) is 5.91 Å². The molecule has 0 spiro atoms. The maximum atomic E-state index is 12.9. The Labute approximate surface area is 187 Å². The van der Waals surface area contributed by atoms with Crippen LogP contribution in [0.3, 0.4) is 0 Å². The van der Waals surface area contributed by atoms with E-state index in [4.69, 9.17) is 0 Å². The van der Waals surface area contributed by atoms with Gasteiger partial charge in [0.2, 0.25) is 0 Å². The second kappa shape index (κ2) is 8.95. The molecule has 0 aliphatic heterocycles. The number of nitrogens with one attached hydrogen (secondary N) is 1. The fourth-order valence-corrected chi connectivity index (χ4v) is 7.14. The molecule has 3 aliphatic rings. The molecule has 0 unspecified atom stereocenters. The minimum Gasteiger partial charge on any atom is -0.349 e. The lowest BCUT2D eigenvalue weighted by atomic mass is 9.81. The largest absolute Gasteiger partial charge is 0.433 e. The summed E-state index contributed by atoms with van der Waals surface area (Å²) in [5, 5.41) is 2.78. The maximum absolute atomic E-state index is 12.9. The summed E-state index contributed by atoms with van der Waals surface area (Å²) in [7, 11) is -3.06. The number of rotatable bonds is 8. The van der Waals surface area contributed by atoms with Gasteiger partial charge in [0, 0.05) is 6.04 Å². The second-order valence-corrected chi connectivity index (χ2v) is 12.2. The fraction of sp³-hybridized carbons (Fsp3) is 0.739. The van der Waals surface area contributed by atoms with Gasteiger partial charge in [-0.3, -0.25) is 4.79 Å². The summed E-state index contributed by atoms with van der Waals surface area (Å²) in [4.78, 5) is 16.5. The molecule has 0 aromatic carbocycles. The fourth-order valence-electron chi connectivity index (χ4n) is 4.89. The van der Waals surface area contributed by atoms with Crippen LogP contribution in [0.4, 0.5) is 13.2 Å². The van der Waals surface area contributed by atoms with Crippen molar-refractivity contribution in [3.05, 3.63) is 29.1 Å². The number of aromatic nitrogens is 1. The first-order valence-corrected chi connectivity index (χ1v) is 13.3. The Balaban J connectivity index is 1.40. The summed E-state index contributed by atoms with van der Waals surface area (Å²) < 4.78 is 63.9. The maximum Gasteiger partial charge on any atom is 0.433 e. The van der Waals surface area contributed by atoms with E-state index in [0.29, 0.717) is 30.4 Å². The van der Waals surface area contributed by atoms with Gasteiger partial charge in [-0.05, 0) is 81.8 Å². The summed E-state index contributed by atoms with van der Waals surface area (Å²) in [6.07, 6.45) is 3.30. The molecule has 3 aliphatic carbocycles. The van der Waals surface area contributed by atoms with E-state index < -0.39 is 27.6 Å². The lowest BCUT2D eigenvalue weighted by Gasteiger charge is -2.34. The molecule has 0 saturated heterocycles. The van der Waals surface area contributed by atoms with Gasteiger partial charge in [0.1, 0.15) is 5.69 Å². The number of carbonyl (C=O) groups excluding carboxylic acids is 1. The number of alkyl halides is 3. The first kappa shape index (κ1) is 23.5. The van der Waals surface area contributed by atoms with Crippen molar-refractivity contribution in [1.29, 1.82) is 0 Å². The zero-order chi connectivity index (χ0) is 23.1. The third kappa shape index (κ3) is 5.83. The molecule has 1 N–H and O–H groups in total. The zero-order valence-electron chi connectivity index (χ0n) is 18.3. The third-order valence-corrected chi connectivity index (χ3v) is 9.61. The monoisotopic (exact) mass is 472 g/mol. The Morgan fingerprint density at radius 1 is 1.06 bits per heavy atom. The van der Waals surface area contributed by atoms with E-state index in [1.54, 1.807) is 0 Å². The van der Waals surface area contributed by atoms with Crippen molar-refractivity contribution in [1.82, 2.24) is 10.3 Å². The Morgan fingerprint density at radius 3 is 2.22 bits per heavy atom. The van der Waals surface area contributed by atoms with Gasteiger partial charge in [0.05, 0.1) is 22.3 Å². The smallest absolute Gasteiger partial charge is 0.349 e. The summed E-state index contributed by atoms with van der Waals surface area (Å²) >= 11 is 0. The van der Waals surface area contributed by atoms with Crippen molar-refractivity contribution in [3.8, 4) is 0 Å². The van der Waals surface area contributed by atoms with Crippen LogP contribution in [0, 0.1) is 24.7 Å². The highest BCUT2D eigenvalue weighted by Gasteiger charge is 2.39. The highest BCUT2D eigenvalue weighted by atomic mass is 32.2. The van der Waals surface area contributed by atoms with E-state index in [1.165, 1.54) is 13.0 Å². The molecular formula is C23H31F3N2O3S. The minimum atomic E-state index is -4.55. The van der Waals surface area contributed by atoms with Crippen molar-refractivity contribution in [2.75, 3.05) is 5.75 Å². The van der Waals surface area contributed by atoms with Crippen LogP contribution in [0.5, 0.6) is 0 Å². The van der Waals surface area contributed by atoms with Gasteiger partial charge < -0.3 is 5.32 Å². The van der Waals surface area contributed by atoms with E-state index in [2.05, 4.69) is 10.3 Å². The van der Waals surface area contributed by atoms with Crippen molar-refractivity contribution in [2.45, 2.75) is 82.2 Å². The number of hydrogen-bond donors (Lipinski definition) is 1. The number of sulfone groups is 1. The Kier molecular flexibility index (Phi) is 6.58. The van der Waals surface area contributed by atoms with Crippen LogP contribution in [0.1, 0.15) is 79.5 Å². The first-order chi connectivity index (χ1) is 15.0. The van der Waals surface area contributed by atoms with Gasteiger partial charge in [-0.15, -0.1) is 0 Å². The number of hydrogen-bond acceptors (Lipinski definition) is 4. The normalized spacial score (nSPS) is 25.4. The zero-order valence-corrected chi connectivity index (χ0v) is 19.1. The van der Waals surface area contributed by atoms with Gasteiger partial charge >= 0.3 is 6.18 Å². The average molecular weight is 473 g/mol. The molecule has 1 aromatic rings. The molecule has 32 heavy (non-hydrogen) atoms. The molecule has 0 bridgehead atoms. The SMILES string of the molecule is Cc1nc(C(F)(F)F)ccc1C(=O)N[C@H](CC1CC1)C1CCC(S(=O)(=O)CC2CC2)CC1. The lowest BCUT2D eigenvalue weighted by molar-refractivity contribution is -0.141. The van der Waals surface area contributed by atoms with Crippen LogP contribution in [0.15, 0.2) is 12.1 Å². The molecule has 9 heteroatoms. The van der Waals surface area contributed by atoms with Gasteiger partial charge in [-0.1, -0.05) is 12.8 Å². The summed E-state index contributed by atoms with van der Waals surface area (Å²) in [6, 6.07) is 1.94. The predicted molar refractivity (Wildman–Crippen MR) is 115 cm³/mol. The molecular weight excluding hydrogens is 441 g/mol. The Morgan fingerprint density at radius 2 is 1.69 bits per heavy atom. The van der Waals surface area contributed by atoms with Crippen molar-refractivity contribution in [2.24, 2.45) is 17.8 Å². The molecule has 1 amide bonds. The molecule has 178 valence electrons. The standard InChI is InChI=1S/C23H31F3N2O3S/c1-14-19(10-11-21(27-14)23(24,25)26)22(29)28-20(12-15-2-3-15)17-6-8-18(9-7-17)32(30,31)13-16-4-5-16/h10-11,15-18,20H,2-9,12-13H2,1H3,(H,28,29)/t17?,18?,20-/m1/s1. The highest BCUT2D eigenvalue weighted by molar-refractivity contribution is 7.92. The molecule has 1 aromatic heterocycles. The lowest BCUT2D eigenvalue weighted by Crippen LogP contribution is -2.43. The molecule has 4 rings (SSSR count). The highest BCUT2D eigenvalue weighted by Crippen LogP contribution is 2.40. The van der Waals surface area contributed by atoms with E-state index in [-0.39, 0.29) is 28.5 Å². The summed E-state index contributed by atoms with van der Waals surface area (Å²) in [5.41, 5.74) is -0.802. The first-order valence-electron chi connectivity index (χ1n) is 11.6. The van der Waals surface area contributed by atoms with Crippen LogP contribution in [-0.2, 0) is 16.0 Å². The molecule has 0 radical (unpaired) electrons. The number of pyridine rings is 1. The van der Waals surface area contributed by atoms with E-state index >= 15 is 0 Å². The number of amides is 1. The van der Waals surface area contributed by atoms with Crippen molar-refractivity contribution < 1.29 is 26.4 Å². The van der Waals surface area contributed by atoms with Crippen LogP contribution < -0.4 is 5.32 Å². The van der Waals surface area contributed by atoms with E-state index in [9.17, 15) is 26.4 Å². The molecule has 1 atom stereocenters. The Hall–Kier alpha value is -1.64. The molecule has 3 fully saturated rings. The topological polar surface area (TPSA) is 76.1 Å². The number of halogens is 3. The molecule has 5 nitrogen and oxygen atoms in total. The van der Waals surface area contributed by atoms with Gasteiger partial charge in [0.15, 0.2) is 9.84 Å². The Bertz CT molecular complexity index is 948.